The number of hydrogen-bond donors (Lipinski definition) is 1. The lowest BCUT2D eigenvalue weighted by atomic mass is 9.85. The van der Waals surface area contributed by atoms with E-state index in [2.05, 4.69) is 0 Å². The topological polar surface area (TPSA) is 38.7 Å². The Hall–Kier alpha value is -0.120. The average molecular weight is 216 g/mol. The van der Waals surface area contributed by atoms with E-state index in [0.717, 1.165) is 12.8 Å². The Labute approximate surface area is 92.8 Å². The SMILES string of the molecule is CCOC(OCC)[C@@H](O)C1CCCCC1. The van der Waals surface area contributed by atoms with Crippen LogP contribution in [0.4, 0.5) is 0 Å². The predicted octanol–water partition coefficient (Wildman–Crippen LogP) is 2.33. The quantitative estimate of drug-likeness (QED) is 0.693. The Morgan fingerprint density at radius 1 is 1.07 bits per heavy atom. The second-order valence-electron chi connectivity index (χ2n) is 4.17. The van der Waals surface area contributed by atoms with Crippen molar-refractivity contribution in [2.75, 3.05) is 13.2 Å². The molecule has 3 nitrogen and oxygen atoms in total. The molecule has 90 valence electrons. The number of rotatable bonds is 6. The summed E-state index contributed by atoms with van der Waals surface area (Å²) in [6, 6.07) is 0. The van der Waals surface area contributed by atoms with Gasteiger partial charge in [0.15, 0.2) is 6.29 Å². The van der Waals surface area contributed by atoms with Crippen LogP contribution in [0, 0.1) is 5.92 Å². The second-order valence-corrected chi connectivity index (χ2v) is 4.17. The van der Waals surface area contributed by atoms with Crippen LogP contribution >= 0.6 is 0 Å². The standard InChI is InChI=1S/C12H24O3/c1-3-14-12(15-4-2)11(13)10-8-6-5-7-9-10/h10-13H,3-9H2,1-2H3/t11-/m0/s1. The van der Waals surface area contributed by atoms with Gasteiger partial charge in [0.1, 0.15) is 6.10 Å². The highest BCUT2D eigenvalue weighted by atomic mass is 16.7. The van der Waals surface area contributed by atoms with Crippen molar-refractivity contribution >= 4 is 0 Å². The highest BCUT2D eigenvalue weighted by Gasteiger charge is 2.29. The van der Waals surface area contributed by atoms with Crippen LogP contribution in [0.3, 0.4) is 0 Å². The maximum absolute atomic E-state index is 10.1. The second kappa shape index (κ2) is 7.20. The first-order valence-corrected chi connectivity index (χ1v) is 6.20. The Bertz CT molecular complexity index is 149. The van der Waals surface area contributed by atoms with Crippen molar-refractivity contribution in [2.24, 2.45) is 5.92 Å². The van der Waals surface area contributed by atoms with Gasteiger partial charge in [-0.2, -0.15) is 0 Å². The van der Waals surface area contributed by atoms with Gasteiger partial charge in [0, 0.05) is 13.2 Å². The lowest BCUT2D eigenvalue weighted by Crippen LogP contribution is -2.38. The summed E-state index contributed by atoms with van der Waals surface area (Å²) in [6.45, 7) is 5.04. The minimum Gasteiger partial charge on any atom is -0.388 e. The maximum atomic E-state index is 10.1. The minimum atomic E-state index is -0.454. The zero-order valence-corrected chi connectivity index (χ0v) is 9.95. The molecule has 0 aromatic carbocycles. The molecular weight excluding hydrogens is 192 g/mol. The van der Waals surface area contributed by atoms with E-state index in [9.17, 15) is 5.11 Å². The molecule has 0 aromatic rings. The summed E-state index contributed by atoms with van der Waals surface area (Å²) < 4.78 is 10.9. The predicted molar refractivity (Wildman–Crippen MR) is 59.6 cm³/mol. The molecule has 1 saturated carbocycles. The zero-order chi connectivity index (χ0) is 11.1. The Balaban J connectivity index is 2.41. The van der Waals surface area contributed by atoms with Crippen molar-refractivity contribution in [1.29, 1.82) is 0 Å². The smallest absolute Gasteiger partial charge is 0.183 e. The first kappa shape index (κ1) is 12.9. The van der Waals surface area contributed by atoms with Gasteiger partial charge in [0.25, 0.3) is 0 Å². The zero-order valence-electron chi connectivity index (χ0n) is 9.95. The maximum Gasteiger partial charge on any atom is 0.183 e. The molecule has 15 heavy (non-hydrogen) atoms. The van der Waals surface area contributed by atoms with Crippen molar-refractivity contribution < 1.29 is 14.6 Å². The average Bonchev–Trinajstić information content (AvgIpc) is 2.29. The van der Waals surface area contributed by atoms with Crippen LogP contribution in [-0.2, 0) is 9.47 Å². The van der Waals surface area contributed by atoms with E-state index >= 15 is 0 Å². The fourth-order valence-corrected chi connectivity index (χ4v) is 2.27. The van der Waals surface area contributed by atoms with Crippen molar-refractivity contribution in [3.8, 4) is 0 Å². The summed E-state index contributed by atoms with van der Waals surface area (Å²) in [5.74, 6) is 0.363. The molecule has 0 unspecified atom stereocenters. The van der Waals surface area contributed by atoms with Crippen LogP contribution in [-0.4, -0.2) is 30.7 Å². The molecule has 0 aromatic heterocycles. The molecule has 1 aliphatic rings. The summed E-state index contributed by atoms with van der Waals surface area (Å²) in [5, 5.41) is 10.1. The summed E-state index contributed by atoms with van der Waals surface area (Å²) in [6.07, 6.45) is 5.10. The summed E-state index contributed by atoms with van der Waals surface area (Å²) in [4.78, 5) is 0. The third kappa shape index (κ3) is 4.09. The molecule has 0 saturated heterocycles. The van der Waals surface area contributed by atoms with Crippen LogP contribution in [0.2, 0.25) is 0 Å². The van der Waals surface area contributed by atoms with Gasteiger partial charge in [-0.15, -0.1) is 0 Å². The van der Waals surface area contributed by atoms with E-state index in [1.807, 2.05) is 13.8 Å². The molecule has 1 atom stereocenters. The van der Waals surface area contributed by atoms with Gasteiger partial charge in [-0.25, -0.2) is 0 Å². The van der Waals surface area contributed by atoms with Gasteiger partial charge < -0.3 is 14.6 Å². The number of aliphatic hydroxyl groups excluding tert-OH is 1. The first-order valence-electron chi connectivity index (χ1n) is 6.20. The van der Waals surface area contributed by atoms with Crippen molar-refractivity contribution in [3.05, 3.63) is 0 Å². The van der Waals surface area contributed by atoms with Gasteiger partial charge >= 0.3 is 0 Å². The van der Waals surface area contributed by atoms with E-state index in [4.69, 9.17) is 9.47 Å². The Morgan fingerprint density at radius 2 is 1.60 bits per heavy atom. The normalized spacial score (nSPS) is 20.8. The van der Waals surface area contributed by atoms with Gasteiger partial charge in [-0.1, -0.05) is 19.3 Å². The molecule has 0 amide bonds. The number of ether oxygens (including phenoxy) is 2. The van der Waals surface area contributed by atoms with E-state index in [0.29, 0.717) is 19.1 Å². The van der Waals surface area contributed by atoms with E-state index in [1.165, 1.54) is 19.3 Å². The van der Waals surface area contributed by atoms with Crippen LogP contribution in [0.1, 0.15) is 46.0 Å². The molecule has 3 heteroatoms. The minimum absolute atomic E-state index is 0.363. The van der Waals surface area contributed by atoms with Gasteiger partial charge in [-0.3, -0.25) is 0 Å². The molecule has 0 spiro atoms. The molecule has 0 radical (unpaired) electrons. The monoisotopic (exact) mass is 216 g/mol. The van der Waals surface area contributed by atoms with Crippen LogP contribution in [0.15, 0.2) is 0 Å². The van der Waals surface area contributed by atoms with E-state index < -0.39 is 12.4 Å². The van der Waals surface area contributed by atoms with Crippen LogP contribution in [0.5, 0.6) is 0 Å². The fourth-order valence-electron chi connectivity index (χ4n) is 2.27. The van der Waals surface area contributed by atoms with Crippen LogP contribution in [0.25, 0.3) is 0 Å². The molecule has 1 fully saturated rings. The molecule has 0 heterocycles. The molecule has 0 bridgehead atoms. The summed E-state index contributed by atoms with van der Waals surface area (Å²) in [7, 11) is 0. The largest absolute Gasteiger partial charge is 0.388 e. The Kier molecular flexibility index (Phi) is 6.22. The number of hydrogen-bond acceptors (Lipinski definition) is 3. The van der Waals surface area contributed by atoms with Crippen molar-refractivity contribution in [3.63, 3.8) is 0 Å². The molecule has 1 aliphatic carbocycles. The fraction of sp³-hybridized carbons (Fsp3) is 1.00. The van der Waals surface area contributed by atoms with Crippen molar-refractivity contribution in [2.45, 2.75) is 58.3 Å². The third-order valence-electron chi connectivity index (χ3n) is 3.07. The highest BCUT2D eigenvalue weighted by molar-refractivity contribution is 4.75. The molecule has 1 N–H and O–H groups in total. The van der Waals surface area contributed by atoms with Gasteiger partial charge in [0.2, 0.25) is 0 Å². The molecular formula is C12H24O3. The van der Waals surface area contributed by atoms with Gasteiger partial charge in [-0.05, 0) is 32.6 Å². The van der Waals surface area contributed by atoms with Crippen molar-refractivity contribution in [1.82, 2.24) is 0 Å². The summed E-state index contributed by atoms with van der Waals surface area (Å²) >= 11 is 0. The van der Waals surface area contributed by atoms with E-state index in [-0.39, 0.29) is 0 Å². The molecule has 0 aliphatic heterocycles. The van der Waals surface area contributed by atoms with Crippen LogP contribution < -0.4 is 0 Å². The van der Waals surface area contributed by atoms with Gasteiger partial charge in [0.05, 0.1) is 0 Å². The lowest BCUT2D eigenvalue weighted by molar-refractivity contribution is -0.204. The van der Waals surface area contributed by atoms with E-state index in [1.54, 1.807) is 0 Å². The highest BCUT2D eigenvalue weighted by Crippen LogP contribution is 2.28. The molecule has 1 rings (SSSR count). The first-order chi connectivity index (χ1) is 7.29. The number of aliphatic hydroxyl groups is 1. The Morgan fingerprint density at radius 3 is 2.07 bits per heavy atom. The third-order valence-corrected chi connectivity index (χ3v) is 3.07. The lowest BCUT2D eigenvalue weighted by Gasteiger charge is -2.31. The summed E-state index contributed by atoms with van der Waals surface area (Å²) in [5.41, 5.74) is 0.